The Balaban J connectivity index is 1.68. The van der Waals surface area contributed by atoms with E-state index < -0.39 is 16.4 Å². The van der Waals surface area contributed by atoms with Crippen LogP contribution in [0.1, 0.15) is 19.3 Å². The first-order valence-corrected chi connectivity index (χ1v) is 6.97. The van der Waals surface area contributed by atoms with Gasteiger partial charge in [0.25, 0.3) is 0 Å². The number of carbonyl (C=O) groups is 1. The minimum Gasteiger partial charge on any atom is -0.326 e. The average molecular weight is 293 g/mol. The minimum atomic E-state index is -0.903. The standard InChI is InChI=1S/C14H16FN3O3/c15-11-2-1-9(7-12(11)18(20)21)17-13(19)10-8-14(10)3-5-16-6-4-14/h1-2,7,10,16H,3-6,8H2,(H,17,19). The maximum Gasteiger partial charge on any atom is 0.306 e. The molecule has 1 spiro atoms. The van der Waals surface area contributed by atoms with Gasteiger partial charge in [-0.15, -0.1) is 0 Å². The van der Waals surface area contributed by atoms with Crippen LogP contribution in [0.4, 0.5) is 15.8 Å². The summed E-state index contributed by atoms with van der Waals surface area (Å²) in [6.45, 7) is 1.84. The van der Waals surface area contributed by atoms with Gasteiger partial charge in [-0.1, -0.05) is 0 Å². The molecule has 112 valence electrons. The molecule has 1 heterocycles. The van der Waals surface area contributed by atoms with Crippen molar-refractivity contribution in [2.24, 2.45) is 11.3 Å². The second-order valence-corrected chi connectivity index (χ2v) is 5.78. The molecular formula is C14H16FN3O3. The predicted octanol–water partition coefficient (Wildman–Crippen LogP) is 2.06. The van der Waals surface area contributed by atoms with Gasteiger partial charge in [-0.25, -0.2) is 0 Å². The highest BCUT2D eigenvalue weighted by Gasteiger charge is 2.57. The van der Waals surface area contributed by atoms with Crippen molar-refractivity contribution in [2.75, 3.05) is 18.4 Å². The lowest BCUT2D eigenvalue weighted by molar-refractivity contribution is -0.387. The fourth-order valence-electron chi connectivity index (χ4n) is 3.16. The molecule has 2 fully saturated rings. The van der Waals surface area contributed by atoms with Crippen LogP contribution in [0.2, 0.25) is 0 Å². The van der Waals surface area contributed by atoms with Gasteiger partial charge in [0, 0.05) is 17.7 Å². The third kappa shape index (κ3) is 2.61. The Labute approximate surface area is 120 Å². The number of nitrogens with zero attached hydrogens (tertiary/aromatic N) is 1. The van der Waals surface area contributed by atoms with Gasteiger partial charge in [0.05, 0.1) is 4.92 Å². The Morgan fingerprint density at radius 3 is 2.81 bits per heavy atom. The van der Waals surface area contributed by atoms with E-state index in [4.69, 9.17) is 0 Å². The van der Waals surface area contributed by atoms with Crippen LogP contribution in [-0.2, 0) is 4.79 Å². The van der Waals surface area contributed by atoms with Crippen LogP contribution in [0, 0.1) is 27.3 Å². The van der Waals surface area contributed by atoms with Gasteiger partial charge in [0.1, 0.15) is 0 Å². The normalized spacial score (nSPS) is 22.8. The molecule has 0 radical (unpaired) electrons. The highest BCUT2D eigenvalue weighted by molar-refractivity contribution is 5.95. The van der Waals surface area contributed by atoms with Crippen LogP contribution < -0.4 is 10.6 Å². The summed E-state index contributed by atoms with van der Waals surface area (Å²) in [7, 11) is 0. The molecule has 3 rings (SSSR count). The van der Waals surface area contributed by atoms with E-state index in [2.05, 4.69) is 10.6 Å². The Kier molecular flexibility index (Phi) is 3.36. The van der Waals surface area contributed by atoms with E-state index in [1.165, 1.54) is 6.07 Å². The van der Waals surface area contributed by atoms with E-state index >= 15 is 0 Å². The molecular weight excluding hydrogens is 277 g/mol. The molecule has 2 N–H and O–H groups in total. The van der Waals surface area contributed by atoms with E-state index in [1.54, 1.807) is 0 Å². The van der Waals surface area contributed by atoms with Gasteiger partial charge in [-0.2, -0.15) is 4.39 Å². The molecule has 0 bridgehead atoms. The third-order valence-corrected chi connectivity index (χ3v) is 4.52. The molecule has 1 saturated heterocycles. The number of hydrogen-bond acceptors (Lipinski definition) is 4. The van der Waals surface area contributed by atoms with Crippen molar-refractivity contribution in [3.8, 4) is 0 Å². The van der Waals surface area contributed by atoms with Gasteiger partial charge in [-0.05, 0) is 49.9 Å². The monoisotopic (exact) mass is 293 g/mol. The molecule has 7 heteroatoms. The summed E-state index contributed by atoms with van der Waals surface area (Å²) in [5.41, 5.74) is -0.259. The molecule has 1 unspecified atom stereocenters. The maximum atomic E-state index is 13.3. The minimum absolute atomic E-state index is 0.0382. The average Bonchev–Trinajstić information content (AvgIpc) is 3.15. The summed E-state index contributed by atoms with van der Waals surface area (Å²) in [5.74, 6) is -1.07. The first-order valence-electron chi connectivity index (χ1n) is 6.97. The Morgan fingerprint density at radius 1 is 1.43 bits per heavy atom. The van der Waals surface area contributed by atoms with Gasteiger partial charge < -0.3 is 10.6 Å². The van der Waals surface area contributed by atoms with Gasteiger partial charge in [0.2, 0.25) is 11.7 Å². The first-order chi connectivity index (χ1) is 10.0. The Bertz CT molecular complexity index is 599. The smallest absolute Gasteiger partial charge is 0.306 e. The predicted molar refractivity (Wildman–Crippen MR) is 74.3 cm³/mol. The zero-order chi connectivity index (χ0) is 15.0. The van der Waals surface area contributed by atoms with Crippen molar-refractivity contribution in [2.45, 2.75) is 19.3 Å². The molecule has 2 aliphatic rings. The zero-order valence-electron chi connectivity index (χ0n) is 11.4. The molecule has 1 saturated carbocycles. The van der Waals surface area contributed by atoms with E-state index in [9.17, 15) is 19.3 Å². The summed E-state index contributed by atoms with van der Waals surface area (Å²) in [6.07, 6.45) is 2.83. The van der Waals surface area contributed by atoms with Crippen molar-refractivity contribution in [3.63, 3.8) is 0 Å². The summed E-state index contributed by atoms with van der Waals surface area (Å²) < 4.78 is 13.3. The lowest BCUT2D eigenvalue weighted by Crippen LogP contribution is -2.31. The second kappa shape index (κ2) is 5.07. The number of amides is 1. The molecule has 1 aliphatic heterocycles. The number of hydrogen-bond donors (Lipinski definition) is 2. The number of carbonyl (C=O) groups excluding carboxylic acids is 1. The van der Waals surface area contributed by atoms with Crippen LogP contribution in [0.15, 0.2) is 18.2 Å². The zero-order valence-corrected chi connectivity index (χ0v) is 11.4. The summed E-state index contributed by atoms with van der Waals surface area (Å²) >= 11 is 0. The molecule has 0 aromatic heterocycles. The highest BCUT2D eigenvalue weighted by Crippen LogP contribution is 2.58. The Hall–Kier alpha value is -2.02. The number of halogens is 1. The van der Waals surface area contributed by atoms with E-state index in [-0.39, 0.29) is 22.9 Å². The molecule has 21 heavy (non-hydrogen) atoms. The number of nitro groups is 1. The summed E-state index contributed by atoms with van der Waals surface area (Å²) in [4.78, 5) is 22.1. The fourth-order valence-corrected chi connectivity index (χ4v) is 3.16. The fraction of sp³-hybridized carbons (Fsp3) is 0.500. The lowest BCUT2D eigenvalue weighted by atomic mass is 9.92. The van der Waals surface area contributed by atoms with E-state index in [0.29, 0.717) is 0 Å². The van der Waals surface area contributed by atoms with Gasteiger partial charge >= 0.3 is 5.69 Å². The highest BCUT2D eigenvalue weighted by atomic mass is 19.1. The van der Waals surface area contributed by atoms with Gasteiger partial charge in [0.15, 0.2) is 0 Å². The van der Waals surface area contributed by atoms with E-state index in [1.807, 2.05) is 0 Å². The molecule has 1 aromatic carbocycles. The van der Waals surface area contributed by atoms with E-state index in [0.717, 1.165) is 44.5 Å². The maximum absolute atomic E-state index is 13.3. The number of anilines is 1. The number of benzene rings is 1. The van der Waals surface area contributed by atoms with Crippen molar-refractivity contribution < 1.29 is 14.1 Å². The molecule has 1 aromatic rings. The Morgan fingerprint density at radius 2 is 2.14 bits per heavy atom. The molecule has 1 amide bonds. The summed E-state index contributed by atoms with van der Waals surface area (Å²) in [6, 6.07) is 3.41. The number of rotatable bonds is 3. The lowest BCUT2D eigenvalue weighted by Gasteiger charge is -2.23. The van der Waals surface area contributed by atoms with Crippen molar-refractivity contribution in [3.05, 3.63) is 34.1 Å². The van der Waals surface area contributed by atoms with Crippen LogP contribution in [0.25, 0.3) is 0 Å². The van der Waals surface area contributed by atoms with Crippen LogP contribution in [0.3, 0.4) is 0 Å². The quantitative estimate of drug-likeness (QED) is 0.660. The van der Waals surface area contributed by atoms with Crippen molar-refractivity contribution in [1.82, 2.24) is 5.32 Å². The topological polar surface area (TPSA) is 84.3 Å². The van der Waals surface area contributed by atoms with Crippen molar-refractivity contribution >= 4 is 17.3 Å². The summed E-state index contributed by atoms with van der Waals surface area (Å²) in [5, 5.41) is 16.6. The second-order valence-electron chi connectivity index (χ2n) is 5.78. The van der Waals surface area contributed by atoms with Crippen LogP contribution in [0.5, 0.6) is 0 Å². The SMILES string of the molecule is O=C(Nc1ccc(F)c([N+](=O)[O-])c1)C1CC12CCNCC2. The van der Waals surface area contributed by atoms with Crippen molar-refractivity contribution in [1.29, 1.82) is 0 Å². The van der Waals surface area contributed by atoms with Crippen LogP contribution >= 0.6 is 0 Å². The van der Waals surface area contributed by atoms with Gasteiger partial charge in [-0.3, -0.25) is 14.9 Å². The van der Waals surface area contributed by atoms with Crippen LogP contribution in [-0.4, -0.2) is 23.9 Å². The molecule has 6 nitrogen and oxygen atoms in total. The third-order valence-electron chi connectivity index (χ3n) is 4.52. The number of nitro benzene ring substituents is 1. The largest absolute Gasteiger partial charge is 0.326 e. The number of nitrogens with one attached hydrogen (secondary N) is 2. The first kappa shape index (κ1) is 13.9. The number of piperidine rings is 1. The molecule has 1 atom stereocenters. The molecule has 1 aliphatic carbocycles.